The normalized spacial score (nSPS) is 37.4. The van der Waals surface area contributed by atoms with Crippen LogP contribution < -0.4 is 0 Å². The molecule has 1 aliphatic carbocycles. The van der Waals surface area contributed by atoms with Gasteiger partial charge in [0.2, 0.25) is 0 Å². The summed E-state index contributed by atoms with van der Waals surface area (Å²) in [5, 5.41) is 9.87. The zero-order chi connectivity index (χ0) is 13.4. The van der Waals surface area contributed by atoms with E-state index in [1.165, 1.54) is 12.8 Å². The van der Waals surface area contributed by atoms with E-state index in [-0.39, 0.29) is 11.3 Å². The van der Waals surface area contributed by atoms with E-state index in [1.54, 1.807) is 0 Å². The Hall–Kier alpha value is -0.570. The molecule has 1 N–H and O–H groups in total. The summed E-state index contributed by atoms with van der Waals surface area (Å²) in [4.78, 5) is 14.3. The van der Waals surface area contributed by atoms with Crippen molar-refractivity contribution in [2.24, 2.45) is 11.3 Å². The first-order chi connectivity index (χ1) is 8.38. The van der Waals surface area contributed by atoms with Crippen LogP contribution in [0.4, 0.5) is 0 Å². The van der Waals surface area contributed by atoms with Crippen molar-refractivity contribution in [2.75, 3.05) is 13.1 Å². The fourth-order valence-electron chi connectivity index (χ4n) is 4.29. The second-order valence-corrected chi connectivity index (χ2v) is 7.08. The highest BCUT2D eigenvalue weighted by Crippen LogP contribution is 2.51. The molecule has 18 heavy (non-hydrogen) atoms. The zero-order valence-electron chi connectivity index (χ0n) is 12.0. The molecule has 2 unspecified atom stereocenters. The Balaban J connectivity index is 2.29. The van der Waals surface area contributed by atoms with Crippen LogP contribution in [0.1, 0.15) is 59.3 Å². The van der Waals surface area contributed by atoms with Crippen molar-refractivity contribution in [1.29, 1.82) is 0 Å². The highest BCUT2D eigenvalue weighted by Gasteiger charge is 2.56. The third kappa shape index (κ3) is 2.29. The quantitative estimate of drug-likeness (QED) is 0.822. The Bertz CT molecular complexity index is 318. The summed E-state index contributed by atoms with van der Waals surface area (Å²) < 4.78 is 0. The first-order valence-electron chi connectivity index (χ1n) is 7.37. The fourth-order valence-corrected chi connectivity index (χ4v) is 4.29. The summed E-state index contributed by atoms with van der Waals surface area (Å²) in [6.07, 6.45) is 6.64. The van der Waals surface area contributed by atoms with Crippen molar-refractivity contribution in [2.45, 2.75) is 64.8 Å². The van der Waals surface area contributed by atoms with E-state index in [1.807, 2.05) is 0 Å². The molecule has 1 saturated heterocycles. The SMILES string of the molecule is CC1CC(C)(C)CC1(C(=O)O)N1CCCCCC1. The Morgan fingerprint density at radius 1 is 1.17 bits per heavy atom. The van der Waals surface area contributed by atoms with Crippen LogP contribution in [0.25, 0.3) is 0 Å². The minimum atomic E-state index is -0.603. The van der Waals surface area contributed by atoms with E-state index in [4.69, 9.17) is 0 Å². The Labute approximate surface area is 111 Å². The number of hydrogen-bond donors (Lipinski definition) is 1. The molecule has 0 aromatic carbocycles. The van der Waals surface area contributed by atoms with Gasteiger partial charge < -0.3 is 5.11 Å². The van der Waals surface area contributed by atoms with Gasteiger partial charge >= 0.3 is 5.97 Å². The van der Waals surface area contributed by atoms with Gasteiger partial charge in [-0.3, -0.25) is 9.69 Å². The van der Waals surface area contributed by atoms with Gasteiger partial charge in [0, 0.05) is 0 Å². The maximum Gasteiger partial charge on any atom is 0.324 e. The Kier molecular flexibility index (Phi) is 3.72. The smallest absolute Gasteiger partial charge is 0.324 e. The molecule has 0 aromatic rings. The lowest BCUT2D eigenvalue weighted by molar-refractivity contribution is -0.154. The van der Waals surface area contributed by atoms with E-state index >= 15 is 0 Å². The second-order valence-electron chi connectivity index (χ2n) is 7.08. The molecule has 2 rings (SSSR count). The second kappa shape index (κ2) is 4.84. The number of carboxylic acids is 1. The topological polar surface area (TPSA) is 40.5 Å². The molecule has 0 bridgehead atoms. The van der Waals surface area contributed by atoms with Crippen molar-refractivity contribution in [3.05, 3.63) is 0 Å². The zero-order valence-corrected chi connectivity index (χ0v) is 12.0. The van der Waals surface area contributed by atoms with E-state index in [0.717, 1.165) is 38.8 Å². The van der Waals surface area contributed by atoms with Crippen LogP contribution in [-0.2, 0) is 4.79 Å². The van der Waals surface area contributed by atoms with Crippen molar-refractivity contribution in [3.8, 4) is 0 Å². The largest absolute Gasteiger partial charge is 0.480 e. The summed E-state index contributed by atoms with van der Waals surface area (Å²) in [7, 11) is 0. The average molecular weight is 253 g/mol. The maximum absolute atomic E-state index is 12.0. The van der Waals surface area contributed by atoms with Gasteiger partial charge in [0.25, 0.3) is 0 Å². The van der Waals surface area contributed by atoms with Gasteiger partial charge in [-0.1, -0.05) is 33.6 Å². The van der Waals surface area contributed by atoms with Gasteiger partial charge in [-0.25, -0.2) is 0 Å². The van der Waals surface area contributed by atoms with Crippen LogP contribution in [0.15, 0.2) is 0 Å². The summed E-state index contributed by atoms with van der Waals surface area (Å²) in [6.45, 7) is 8.49. The first-order valence-corrected chi connectivity index (χ1v) is 7.37. The molecule has 3 heteroatoms. The summed E-state index contributed by atoms with van der Waals surface area (Å²) >= 11 is 0. The number of aliphatic carboxylic acids is 1. The molecule has 0 aromatic heterocycles. The molecule has 104 valence electrons. The maximum atomic E-state index is 12.0. The Morgan fingerprint density at radius 3 is 2.11 bits per heavy atom. The standard InChI is InChI=1S/C15H27NO2/c1-12-10-14(2,3)11-15(12,13(17)18)16-8-6-4-5-7-9-16/h12H,4-11H2,1-3H3,(H,17,18). The predicted molar refractivity (Wildman–Crippen MR) is 72.6 cm³/mol. The molecular formula is C15H27NO2. The number of carbonyl (C=O) groups is 1. The third-order valence-electron chi connectivity index (χ3n) is 4.96. The number of carboxylic acid groups (broad SMARTS) is 1. The van der Waals surface area contributed by atoms with Gasteiger partial charge in [-0.15, -0.1) is 0 Å². The van der Waals surface area contributed by atoms with Gasteiger partial charge in [0.1, 0.15) is 5.54 Å². The molecular weight excluding hydrogens is 226 g/mol. The van der Waals surface area contributed by atoms with Crippen molar-refractivity contribution < 1.29 is 9.90 Å². The van der Waals surface area contributed by atoms with Crippen molar-refractivity contribution >= 4 is 5.97 Å². The minimum Gasteiger partial charge on any atom is -0.480 e. The van der Waals surface area contributed by atoms with Crippen molar-refractivity contribution in [1.82, 2.24) is 4.90 Å². The lowest BCUT2D eigenvalue weighted by Crippen LogP contribution is -2.57. The highest BCUT2D eigenvalue weighted by molar-refractivity contribution is 5.80. The van der Waals surface area contributed by atoms with Gasteiger partial charge in [0.15, 0.2) is 0 Å². The highest BCUT2D eigenvalue weighted by atomic mass is 16.4. The van der Waals surface area contributed by atoms with Crippen LogP contribution >= 0.6 is 0 Å². The van der Waals surface area contributed by atoms with E-state index in [9.17, 15) is 9.90 Å². The van der Waals surface area contributed by atoms with Crippen LogP contribution in [0.2, 0.25) is 0 Å². The molecule has 1 aliphatic heterocycles. The lowest BCUT2D eigenvalue weighted by atomic mass is 9.84. The molecule has 3 nitrogen and oxygen atoms in total. The van der Waals surface area contributed by atoms with Crippen molar-refractivity contribution in [3.63, 3.8) is 0 Å². The molecule has 1 saturated carbocycles. The average Bonchev–Trinajstić information content (AvgIpc) is 2.46. The molecule has 2 atom stereocenters. The summed E-state index contributed by atoms with van der Waals surface area (Å²) in [5.41, 5.74) is -0.446. The van der Waals surface area contributed by atoms with E-state index in [2.05, 4.69) is 25.7 Å². The van der Waals surface area contributed by atoms with Crippen LogP contribution in [-0.4, -0.2) is 34.6 Å². The summed E-state index contributed by atoms with van der Waals surface area (Å²) in [5.74, 6) is -0.342. The number of hydrogen-bond acceptors (Lipinski definition) is 2. The Morgan fingerprint density at radius 2 is 1.72 bits per heavy atom. The monoisotopic (exact) mass is 253 g/mol. The summed E-state index contributed by atoms with van der Waals surface area (Å²) in [6, 6.07) is 0. The van der Waals surface area contributed by atoms with Gasteiger partial charge in [-0.05, 0) is 50.1 Å². The first kappa shape index (κ1) is 13.9. The fraction of sp³-hybridized carbons (Fsp3) is 0.933. The molecule has 0 spiro atoms. The van der Waals surface area contributed by atoms with Crippen LogP contribution in [0.3, 0.4) is 0 Å². The molecule has 2 fully saturated rings. The predicted octanol–water partition coefficient (Wildman–Crippen LogP) is 3.14. The van der Waals surface area contributed by atoms with Gasteiger partial charge in [-0.2, -0.15) is 0 Å². The van der Waals surface area contributed by atoms with Crippen LogP contribution in [0.5, 0.6) is 0 Å². The molecule has 1 heterocycles. The molecule has 0 radical (unpaired) electrons. The van der Waals surface area contributed by atoms with Gasteiger partial charge in [0.05, 0.1) is 0 Å². The number of rotatable bonds is 2. The van der Waals surface area contributed by atoms with Crippen LogP contribution in [0, 0.1) is 11.3 Å². The van der Waals surface area contributed by atoms with E-state index < -0.39 is 11.5 Å². The number of nitrogens with zero attached hydrogens (tertiary/aromatic N) is 1. The third-order valence-corrected chi connectivity index (χ3v) is 4.96. The molecule has 2 aliphatic rings. The van der Waals surface area contributed by atoms with E-state index in [0.29, 0.717) is 0 Å². The minimum absolute atomic E-state index is 0.157. The lowest BCUT2D eigenvalue weighted by Gasteiger charge is -2.41. The number of likely N-dealkylation sites (tertiary alicyclic amines) is 1. The molecule has 0 amide bonds.